The van der Waals surface area contributed by atoms with Crippen molar-refractivity contribution in [1.82, 2.24) is 10.2 Å². The summed E-state index contributed by atoms with van der Waals surface area (Å²) in [5.41, 5.74) is 0. The van der Waals surface area contributed by atoms with Crippen molar-refractivity contribution in [2.75, 3.05) is 26.2 Å². The normalized spacial score (nSPS) is 33.3. The van der Waals surface area contributed by atoms with Crippen molar-refractivity contribution in [1.29, 1.82) is 0 Å². The highest BCUT2D eigenvalue weighted by Gasteiger charge is 2.24. The first-order chi connectivity index (χ1) is 9.67. The number of nitrogens with zero attached hydrogens (tertiary/aromatic N) is 1. The second-order valence-corrected chi connectivity index (χ2v) is 7.69. The van der Waals surface area contributed by atoms with Gasteiger partial charge in [-0.15, -0.1) is 0 Å². The molecule has 0 aromatic carbocycles. The molecule has 1 heterocycles. The van der Waals surface area contributed by atoms with Gasteiger partial charge in [0.1, 0.15) is 0 Å². The molecule has 1 aliphatic carbocycles. The Kier molecular flexibility index (Phi) is 6.83. The minimum Gasteiger partial charge on any atom is -0.313 e. The number of hydrogen-bond acceptors (Lipinski definition) is 2. The first kappa shape index (κ1) is 16.3. The lowest BCUT2D eigenvalue weighted by Crippen LogP contribution is -2.40. The van der Waals surface area contributed by atoms with E-state index in [0.717, 1.165) is 23.8 Å². The van der Waals surface area contributed by atoms with E-state index < -0.39 is 0 Å². The van der Waals surface area contributed by atoms with Crippen molar-refractivity contribution < 1.29 is 0 Å². The van der Waals surface area contributed by atoms with Crippen LogP contribution in [-0.4, -0.2) is 37.1 Å². The smallest absolute Gasteiger partial charge is 0.0197 e. The zero-order valence-electron chi connectivity index (χ0n) is 14.0. The van der Waals surface area contributed by atoms with E-state index >= 15 is 0 Å². The van der Waals surface area contributed by atoms with Crippen LogP contribution in [0.2, 0.25) is 0 Å². The van der Waals surface area contributed by atoms with Crippen LogP contribution >= 0.6 is 0 Å². The second-order valence-electron chi connectivity index (χ2n) is 7.69. The van der Waals surface area contributed by atoms with E-state index in [4.69, 9.17) is 0 Å². The Morgan fingerprint density at radius 3 is 2.45 bits per heavy atom. The molecule has 2 fully saturated rings. The molecule has 2 heteroatoms. The van der Waals surface area contributed by atoms with Gasteiger partial charge in [0.15, 0.2) is 0 Å². The summed E-state index contributed by atoms with van der Waals surface area (Å²) in [6.45, 7) is 12.2. The maximum atomic E-state index is 3.75. The lowest BCUT2D eigenvalue weighted by Gasteiger charge is -2.33. The van der Waals surface area contributed by atoms with Crippen LogP contribution in [0, 0.1) is 17.8 Å². The first-order valence-electron chi connectivity index (χ1n) is 9.13. The van der Waals surface area contributed by atoms with E-state index in [1.165, 1.54) is 71.1 Å². The van der Waals surface area contributed by atoms with Gasteiger partial charge in [0.2, 0.25) is 0 Å². The molecule has 1 aliphatic heterocycles. The van der Waals surface area contributed by atoms with Crippen LogP contribution in [0.4, 0.5) is 0 Å². The van der Waals surface area contributed by atoms with Gasteiger partial charge in [-0.1, -0.05) is 40.0 Å². The van der Waals surface area contributed by atoms with E-state index in [9.17, 15) is 0 Å². The van der Waals surface area contributed by atoms with Gasteiger partial charge in [-0.3, -0.25) is 0 Å². The fraction of sp³-hybridized carbons (Fsp3) is 1.00. The number of nitrogens with one attached hydrogen (secondary N) is 1. The molecule has 0 amide bonds. The summed E-state index contributed by atoms with van der Waals surface area (Å²) >= 11 is 0. The first-order valence-corrected chi connectivity index (χ1v) is 9.13. The lowest BCUT2D eigenvalue weighted by atomic mass is 9.80. The van der Waals surface area contributed by atoms with Crippen molar-refractivity contribution in [3.8, 4) is 0 Å². The quantitative estimate of drug-likeness (QED) is 0.821. The maximum Gasteiger partial charge on any atom is 0.0197 e. The van der Waals surface area contributed by atoms with Crippen molar-refractivity contribution in [3.05, 3.63) is 0 Å². The summed E-state index contributed by atoms with van der Waals surface area (Å²) in [5, 5.41) is 3.75. The third kappa shape index (κ3) is 5.37. The van der Waals surface area contributed by atoms with E-state index in [2.05, 4.69) is 31.0 Å². The van der Waals surface area contributed by atoms with Crippen LogP contribution in [-0.2, 0) is 0 Å². The van der Waals surface area contributed by atoms with Gasteiger partial charge in [-0.25, -0.2) is 0 Å². The Labute approximate surface area is 126 Å². The van der Waals surface area contributed by atoms with Gasteiger partial charge in [0.25, 0.3) is 0 Å². The molecular weight excluding hydrogens is 244 g/mol. The summed E-state index contributed by atoms with van der Waals surface area (Å²) in [6, 6.07) is 0.726. The average Bonchev–Trinajstić information content (AvgIpc) is 2.64. The molecule has 0 radical (unpaired) electrons. The van der Waals surface area contributed by atoms with Gasteiger partial charge in [0.05, 0.1) is 0 Å². The standard InChI is InChI=1S/C18H36N2/c1-4-16-6-8-17(9-7-16)13-20-11-5-10-19-18(14-20)12-15(2)3/h15-19H,4-14H2,1-3H3. The molecule has 1 unspecified atom stereocenters. The van der Waals surface area contributed by atoms with E-state index in [1.807, 2.05) is 0 Å². The highest BCUT2D eigenvalue weighted by atomic mass is 15.2. The molecule has 1 N–H and O–H groups in total. The Morgan fingerprint density at radius 2 is 1.80 bits per heavy atom. The monoisotopic (exact) mass is 280 g/mol. The van der Waals surface area contributed by atoms with Gasteiger partial charge >= 0.3 is 0 Å². The predicted molar refractivity (Wildman–Crippen MR) is 88.0 cm³/mol. The SMILES string of the molecule is CCC1CCC(CN2CCCNC(CC(C)C)C2)CC1. The van der Waals surface area contributed by atoms with Crippen LogP contribution in [0.5, 0.6) is 0 Å². The molecule has 1 saturated heterocycles. The highest BCUT2D eigenvalue weighted by molar-refractivity contribution is 4.81. The summed E-state index contributed by atoms with van der Waals surface area (Å²) in [7, 11) is 0. The Bertz CT molecular complexity index is 256. The van der Waals surface area contributed by atoms with Crippen LogP contribution < -0.4 is 5.32 Å². The maximum absolute atomic E-state index is 3.75. The van der Waals surface area contributed by atoms with Crippen molar-refractivity contribution >= 4 is 0 Å². The van der Waals surface area contributed by atoms with Crippen LogP contribution in [0.15, 0.2) is 0 Å². The molecule has 2 nitrogen and oxygen atoms in total. The Hall–Kier alpha value is -0.0800. The lowest BCUT2D eigenvalue weighted by molar-refractivity contribution is 0.173. The highest BCUT2D eigenvalue weighted by Crippen LogP contribution is 2.31. The molecule has 0 aromatic rings. The minimum atomic E-state index is 0.726. The van der Waals surface area contributed by atoms with E-state index in [-0.39, 0.29) is 0 Å². The summed E-state index contributed by atoms with van der Waals surface area (Å²) < 4.78 is 0. The van der Waals surface area contributed by atoms with Crippen molar-refractivity contribution in [2.24, 2.45) is 17.8 Å². The molecule has 0 bridgehead atoms. The van der Waals surface area contributed by atoms with Gasteiger partial charge < -0.3 is 10.2 Å². The van der Waals surface area contributed by atoms with Crippen molar-refractivity contribution in [2.45, 2.75) is 71.8 Å². The third-order valence-electron chi connectivity index (χ3n) is 5.38. The molecule has 118 valence electrons. The van der Waals surface area contributed by atoms with E-state index in [0.29, 0.717) is 0 Å². The van der Waals surface area contributed by atoms with Crippen LogP contribution in [0.1, 0.15) is 65.7 Å². The molecule has 2 aliphatic rings. The number of rotatable bonds is 5. The molecule has 0 aromatic heterocycles. The second kappa shape index (κ2) is 8.38. The minimum absolute atomic E-state index is 0.726. The predicted octanol–water partition coefficient (Wildman–Crippen LogP) is 3.91. The Morgan fingerprint density at radius 1 is 1.10 bits per heavy atom. The molecule has 20 heavy (non-hydrogen) atoms. The molecule has 0 spiro atoms. The Balaban J connectivity index is 1.76. The average molecular weight is 281 g/mol. The topological polar surface area (TPSA) is 15.3 Å². The molecule has 1 saturated carbocycles. The van der Waals surface area contributed by atoms with E-state index in [1.54, 1.807) is 0 Å². The largest absolute Gasteiger partial charge is 0.313 e. The summed E-state index contributed by atoms with van der Waals surface area (Å²) in [4.78, 5) is 2.77. The number of hydrogen-bond donors (Lipinski definition) is 1. The fourth-order valence-corrected chi connectivity index (χ4v) is 4.16. The molecular formula is C18H36N2. The van der Waals surface area contributed by atoms with Crippen LogP contribution in [0.25, 0.3) is 0 Å². The van der Waals surface area contributed by atoms with Gasteiger partial charge in [-0.2, -0.15) is 0 Å². The summed E-state index contributed by atoms with van der Waals surface area (Å²) in [6.07, 6.45) is 10.0. The van der Waals surface area contributed by atoms with Crippen molar-refractivity contribution in [3.63, 3.8) is 0 Å². The fourth-order valence-electron chi connectivity index (χ4n) is 4.16. The molecule has 1 atom stereocenters. The molecule has 2 rings (SSSR count). The third-order valence-corrected chi connectivity index (χ3v) is 5.38. The van der Waals surface area contributed by atoms with Crippen LogP contribution in [0.3, 0.4) is 0 Å². The van der Waals surface area contributed by atoms with Gasteiger partial charge in [0, 0.05) is 19.1 Å². The zero-order valence-corrected chi connectivity index (χ0v) is 14.0. The zero-order chi connectivity index (χ0) is 14.4. The van der Waals surface area contributed by atoms with Gasteiger partial charge in [-0.05, 0) is 56.5 Å². The summed E-state index contributed by atoms with van der Waals surface area (Å²) in [5.74, 6) is 2.83.